The van der Waals surface area contributed by atoms with Gasteiger partial charge in [-0.15, -0.1) is 13.2 Å². The molecule has 4 heteroatoms. The molecule has 1 rings (SSSR count). The molecule has 1 nitrogen and oxygen atoms in total. The minimum absolute atomic E-state index is 0.231. The van der Waals surface area contributed by atoms with Gasteiger partial charge in [0, 0.05) is 0 Å². The summed E-state index contributed by atoms with van der Waals surface area (Å²) in [5, 5.41) is 0. The quantitative estimate of drug-likeness (QED) is 0.708. The van der Waals surface area contributed by atoms with Gasteiger partial charge in [-0.2, -0.15) is 0 Å². The largest absolute Gasteiger partial charge is 0.573 e. The Hall–Kier alpha value is -1.71. The minimum atomic E-state index is -4.66. The Morgan fingerprint density at radius 3 is 2.44 bits per heavy atom. The van der Waals surface area contributed by atoms with Gasteiger partial charge in [0.25, 0.3) is 0 Å². The molecule has 1 aromatic carbocycles. The number of ether oxygens (including phenoxy) is 1. The fraction of sp³-hybridized carbons (Fsp3) is 0.167. The van der Waals surface area contributed by atoms with Crippen LogP contribution in [0.3, 0.4) is 0 Å². The van der Waals surface area contributed by atoms with Gasteiger partial charge in [-0.1, -0.05) is 25.3 Å². The van der Waals surface area contributed by atoms with E-state index in [1.807, 2.05) is 0 Å². The Balaban J connectivity index is 3.00. The Labute approximate surface area is 91.9 Å². The summed E-state index contributed by atoms with van der Waals surface area (Å²) in [6, 6.07) is 4.10. The molecule has 0 aliphatic heterocycles. The first-order valence-electron chi connectivity index (χ1n) is 4.51. The lowest BCUT2D eigenvalue weighted by molar-refractivity contribution is -0.274. The minimum Gasteiger partial charge on any atom is -0.406 e. The molecule has 0 fully saturated rings. The van der Waals surface area contributed by atoms with Crippen LogP contribution < -0.4 is 4.74 Å². The lowest BCUT2D eigenvalue weighted by Crippen LogP contribution is -2.17. The summed E-state index contributed by atoms with van der Waals surface area (Å²) in [7, 11) is 0. The second kappa shape index (κ2) is 4.43. The highest BCUT2D eigenvalue weighted by Gasteiger charge is 2.31. The van der Waals surface area contributed by atoms with E-state index in [1.54, 1.807) is 13.0 Å². The number of benzene rings is 1. The van der Waals surface area contributed by atoms with Crippen molar-refractivity contribution in [2.24, 2.45) is 0 Å². The molecule has 0 unspecified atom stereocenters. The van der Waals surface area contributed by atoms with Gasteiger partial charge in [0.1, 0.15) is 5.75 Å². The lowest BCUT2D eigenvalue weighted by atomic mass is 10.0. The van der Waals surface area contributed by atoms with Crippen LogP contribution >= 0.6 is 0 Å². The van der Waals surface area contributed by atoms with Crippen molar-refractivity contribution in [1.82, 2.24) is 0 Å². The second-order valence-electron chi connectivity index (χ2n) is 3.25. The molecule has 0 aromatic heterocycles. The third kappa shape index (κ3) is 3.15. The molecule has 0 aliphatic rings. The van der Waals surface area contributed by atoms with Gasteiger partial charge in [-0.3, -0.25) is 0 Å². The predicted octanol–water partition coefficient (Wildman–Crippen LogP) is 4.09. The SMILES string of the molecule is C=CC(=C)c1ccc(OC(F)(F)F)cc1C. The normalized spacial score (nSPS) is 11.0. The monoisotopic (exact) mass is 228 g/mol. The van der Waals surface area contributed by atoms with Crippen molar-refractivity contribution in [2.45, 2.75) is 13.3 Å². The highest BCUT2D eigenvalue weighted by molar-refractivity contribution is 5.73. The van der Waals surface area contributed by atoms with Crippen LogP contribution in [0.25, 0.3) is 5.57 Å². The van der Waals surface area contributed by atoms with Crippen LogP contribution in [0.2, 0.25) is 0 Å². The smallest absolute Gasteiger partial charge is 0.406 e. The van der Waals surface area contributed by atoms with Crippen molar-refractivity contribution in [3.63, 3.8) is 0 Å². The average Bonchev–Trinajstić information content (AvgIpc) is 2.14. The highest BCUT2D eigenvalue weighted by atomic mass is 19.4. The summed E-state index contributed by atoms with van der Waals surface area (Å²) < 4.78 is 39.6. The Morgan fingerprint density at radius 2 is 2.00 bits per heavy atom. The second-order valence-corrected chi connectivity index (χ2v) is 3.25. The number of rotatable bonds is 3. The number of halogens is 3. The molecule has 0 radical (unpaired) electrons. The van der Waals surface area contributed by atoms with Crippen LogP contribution in [0.5, 0.6) is 5.75 Å². The molecule has 86 valence electrons. The van der Waals surface area contributed by atoms with Gasteiger partial charge in [0.05, 0.1) is 0 Å². The molecule has 0 aliphatic carbocycles. The van der Waals surface area contributed by atoms with Crippen LogP contribution in [0, 0.1) is 6.92 Å². The van der Waals surface area contributed by atoms with Crippen molar-refractivity contribution in [2.75, 3.05) is 0 Å². The van der Waals surface area contributed by atoms with Gasteiger partial charge < -0.3 is 4.74 Å². The van der Waals surface area contributed by atoms with E-state index in [4.69, 9.17) is 0 Å². The van der Waals surface area contributed by atoms with E-state index >= 15 is 0 Å². The van der Waals surface area contributed by atoms with E-state index in [0.717, 1.165) is 5.56 Å². The number of hydrogen-bond acceptors (Lipinski definition) is 1. The summed E-state index contributed by atoms with van der Waals surface area (Å²) in [5.41, 5.74) is 2.08. The van der Waals surface area contributed by atoms with Crippen LogP contribution in [-0.2, 0) is 0 Å². The summed E-state index contributed by atoms with van der Waals surface area (Å²) in [6.07, 6.45) is -3.12. The summed E-state index contributed by atoms with van der Waals surface area (Å²) in [5.74, 6) is -0.231. The van der Waals surface area contributed by atoms with E-state index in [1.165, 1.54) is 18.2 Å². The predicted molar refractivity (Wildman–Crippen MR) is 57.1 cm³/mol. The zero-order valence-corrected chi connectivity index (χ0v) is 8.77. The van der Waals surface area contributed by atoms with E-state index in [2.05, 4.69) is 17.9 Å². The lowest BCUT2D eigenvalue weighted by Gasteiger charge is -2.11. The molecular weight excluding hydrogens is 217 g/mol. The third-order valence-corrected chi connectivity index (χ3v) is 2.02. The molecule has 0 amide bonds. The van der Waals surface area contributed by atoms with Crippen molar-refractivity contribution < 1.29 is 17.9 Å². The zero-order valence-electron chi connectivity index (χ0n) is 8.77. The van der Waals surface area contributed by atoms with E-state index in [-0.39, 0.29) is 5.75 Å². The van der Waals surface area contributed by atoms with Gasteiger partial charge in [0.15, 0.2) is 0 Å². The molecular formula is C12H11F3O. The number of aryl methyl sites for hydroxylation is 1. The molecule has 0 atom stereocenters. The first kappa shape index (κ1) is 12.4. The fourth-order valence-electron chi connectivity index (χ4n) is 1.30. The molecule has 0 spiro atoms. The molecule has 0 saturated carbocycles. The summed E-state index contributed by atoms with van der Waals surface area (Å²) >= 11 is 0. The van der Waals surface area contributed by atoms with Gasteiger partial charge in [0.2, 0.25) is 0 Å². The highest BCUT2D eigenvalue weighted by Crippen LogP contribution is 2.27. The topological polar surface area (TPSA) is 9.23 Å². The van der Waals surface area contributed by atoms with Gasteiger partial charge in [-0.05, 0) is 35.8 Å². The molecule has 0 heterocycles. The first-order valence-corrected chi connectivity index (χ1v) is 4.51. The molecule has 0 bridgehead atoms. The summed E-state index contributed by atoms with van der Waals surface area (Å²) in [4.78, 5) is 0. The van der Waals surface area contributed by atoms with Gasteiger partial charge >= 0.3 is 6.36 Å². The number of alkyl halides is 3. The molecule has 0 N–H and O–H groups in total. The van der Waals surface area contributed by atoms with Crippen molar-refractivity contribution in [3.8, 4) is 5.75 Å². The van der Waals surface area contributed by atoms with Crippen LogP contribution in [0.4, 0.5) is 13.2 Å². The Morgan fingerprint density at radius 1 is 1.38 bits per heavy atom. The maximum absolute atomic E-state index is 11.9. The number of allylic oxidation sites excluding steroid dienone is 2. The Bertz CT molecular complexity index is 419. The van der Waals surface area contributed by atoms with E-state index < -0.39 is 6.36 Å². The maximum Gasteiger partial charge on any atom is 0.573 e. The van der Waals surface area contributed by atoms with Crippen LogP contribution in [0.1, 0.15) is 11.1 Å². The molecule has 1 aromatic rings. The molecule has 16 heavy (non-hydrogen) atoms. The fourth-order valence-corrected chi connectivity index (χ4v) is 1.30. The summed E-state index contributed by atoms with van der Waals surface area (Å²) in [6.45, 7) is 8.96. The average molecular weight is 228 g/mol. The van der Waals surface area contributed by atoms with Crippen molar-refractivity contribution in [3.05, 3.63) is 48.6 Å². The van der Waals surface area contributed by atoms with E-state index in [9.17, 15) is 13.2 Å². The zero-order chi connectivity index (χ0) is 12.3. The Kier molecular flexibility index (Phi) is 3.42. The maximum atomic E-state index is 11.9. The standard InChI is InChI=1S/C12H11F3O/c1-4-8(2)11-6-5-10(7-9(11)3)16-12(13,14)15/h4-7H,1-2H2,3H3. The third-order valence-electron chi connectivity index (χ3n) is 2.02. The van der Waals surface area contributed by atoms with E-state index in [0.29, 0.717) is 11.1 Å². The van der Waals surface area contributed by atoms with Crippen molar-refractivity contribution >= 4 is 5.57 Å². The van der Waals surface area contributed by atoms with Crippen LogP contribution in [0.15, 0.2) is 37.4 Å². The first-order chi connectivity index (χ1) is 7.33. The number of hydrogen-bond donors (Lipinski definition) is 0. The van der Waals surface area contributed by atoms with Crippen LogP contribution in [-0.4, -0.2) is 6.36 Å². The molecule has 0 saturated heterocycles. The van der Waals surface area contributed by atoms with Crippen molar-refractivity contribution in [1.29, 1.82) is 0 Å². The van der Waals surface area contributed by atoms with Gasteiger partial charge in [-0.25, -0.2) is 0 Å².